The number of allylic oxidation sites excluding steroid dienone is 1. The summed E-state index contributed by atoms with van der Waals surface area (Å²) in [5, 5.41) is -0.183. The highest BCUT2D eigenvalue weighted by atomic mass is 35.5. The van der Waals surface area contributed by atoms with Crippen LogP contribution >= 0.6 is 11.6 Å². The molecule has 6 rings (SSSR count). The fourth-order valence-electron chi connectivity index (χ4n) is 8.30. The van der Waals surface area contributed by atoms with Gasteiger partial charge < -0.3 is 19.1 Å². The maximum atomic E-state index is 13.7. The number of nitrogens with one attached hydrogen (secondary N) is 1. The molecule has 2 aliphatic carbocycles. The number of aryl methyl sites for hydroxylation is 1. The molecule has 0 unspecified atom stereocenters. The van der Waals surface area contributed by atoms with E-state index in [4.69, 9.17) is 25.8 Å². The number of amides is 1. The molecular weight excluding hydrogens is 640 g/mol. The lowest BCUT2D eigenvalue weighted by molar-refractivity contribution is -0.135. The molecule has 4 aliphatic rings. The van der Waals surface area contributed by atoms with E-state index in [0.717, 1.165) is 44.1 Å². The molecule has 2 bridgehead atoms. The Hall–Kier alpha value is -2.92. The maximum absolute atomic E-state index is 13.7. The standard InChI is InChI=1S/C36H45ClN2O7S/c1-24-6-4-16-36(22-40,45-3)30-11-8-27(30)20-39-21-35(15-5-7-25-18-28(37)10-12-29(25)35)23-46-32-13-9-26(19-31(32)39)34(41)38-47(42,43)33(24)14-17-44-2/h4,9-10,12-13,16,18-19,22,24,27,30,33H,5-8,11,14-15,17,20-21,23H2,1-3H3,(H,38,41)/b16-4+/t24-,27-,30+,33+,35-,36+/m0/s1. The molecule has 1 amide bonds. The van der Waals surface area contributed by atoms with Crippen LogP contribution in [0.5, 0.6) is 5.75 Å². The van der Waals surface area contributed by atoms with Gasteiger partial charge in [-0.2, -0.15) is 0 Å². The summed E-state index contributed by atoms with van der Waals surface area (Å²) in [5.74, 6) is -0.330. The van der Waals surface area contributed by atoms with Crippen LogP contribution in [-0.2, 0) is 36.1 Å². The Balaban J connectivity index is 1.45. The van der Waals surface area contributed by atoms with Crippen LogP contribution in [0.2, 0.25) is 5.02 Å². The van der Waals surface area contributed by atoms with E-state index in [9.17, 15) is 18.0 Å². The number of hydrogen-bond donors (Lipinski definition) is 1. The number of sulfonamides is 1. The molecule has 1 saturated carbocycles. The molecule has 0 saturated heterocycles. The predicted molar refractivity (Wildman–Crippen MR) is 182 cm³/mol. The Morgan fingerprint density at radius 1 is 1.17 bits per heavy atom. The number of fused-ring (bicyclic) bond motifs is 4. The lowest BCUT2D eigenvalue weighted by atomic mass is 9.64. The van der Waals surface area contributed by atoms with Gasteiger partial charge in [-0.05, 0) is 104 Å². The van der Waals surface area contributed by atoms with Crippen LogP contribution in [0.4, 0.5) is 5.69 Å². The molecule has 47 heavy (non-hydrogen) atoms. The van der Waals surface area contributed by atoms with E-state index in [0.29, 0.717) is 36.9 Å². The Kier molecular flexibility index (Phi) is 9.78. The van der Waals surface area contributed by atoms with E-state index in [1.807, 2.05) is 25.1 Å². The number of hydrogen-bond acceptors (Lipinski definition) is 8. The summed E-state index contributed by atoms with van der Waals surface area (Å²) in [7, 11) is -1.00. The SMILES string of the molecule is COCC[C@@H]1[C@@H](C)C/C=C/[C@](C=O)(OC)[C@@H]2CC[C@H]2CN2C[C@@]3(CCCc4cc(Cl)ccc43)COc3ccc(cc32)C(=O)NS1(=O)=O. The monoisotopic (exact) mass is 684 g/mol. The number of carbonyl (C=O) groups excluding carboxylic acids is 2. The summed E-state index contributed by atoms with van der Waals surface area (Å²) in [6.07, 6.45) is 9.78. The number of methoxy groups -OCH3 is 2. The number of carbonyl (C=O) groups is 2. The average Bonchev–Trinajstić information content (AvgIpc) is 3.18. The Labute approximate surface area is 283 Å². The van der Waals surface area contributed by atoms with E-state index in [-0.39, 0.29) is 41.8 Å². The number of nitrogens with zero attached hydrogens (tertiary/aromatic N) is 1. The highest BCUT2D eigenvalue weighted by Crippen LogP contribution is 2.48. The van der Waals surface area contributed by atoms with Crippen LogP contribution in [0, 0.1) is 17.8 Å². The highest BCUT2D eigenvalue weighted by molar-refractivity contribution is 7.90. The average molecular weight is 685 g/mol. The van der Waals surface area contributed by atoms with Crippen LogP contribution in [0.1, 0.15) is 66.9 Å². The lowest BCUT2D eigenvalue weighted by Crippen LogP contribution is -2.53. The van der Waals surface area contributed by atoms with Gasteiger partial charge in [0.05, 0.1) is 17.5 Å². The molecule has 0 aromatic heterocycles. The van der Waals surface area contributed by atoms with E-state index in [2.05, 4.69) is 21.8 Å². The summed E-state index contributed by atoms with van der Waals surface area (Å²) in [4.78, 5) is 28.7. The van der Waals surface area contributed by atoms with Crippen molar-refractivity contribution >= 4 is 39.5 Å². The van der Waals surface area contributed by atoms with Crippen LogP contribution in [0.3, 0.4) is 0 Å². The van der Waals surface area contributed by atoms with Gasteiger partial charge in [-0.1, -0.05) is 30.7 Å². The first kappa shape index (κ1) is 34.0. The first-order valence-corrected chi connectivity index (χ1v) is 18.5. The van der Waals surface area contributed by atoms with Crippen molar-refractivity contribution in [3.05, 3.63) is 70.3 Å². The van der Waals surface area contributed by atoms with Crippen molar-refractivity contribution < 1.29 is 32.2 Å². The smallest absolute Gasteiger partial charge is 0.264 e. The van der Waals surface area contributed by atoms with Gasteiger partial charge in [0.15, 0.2) is 6.29 Å². The zero-order valence-electron chi connectivity index (χ0n) is 27.4. The molecule has 2 aromatic carbocycles. The quantitative estimate of drug-likeness (QED) is 0.326. The van der Waals surface area contributed by atoms with Gasteiger partial charge in [0.1, 0.15) is 11.4 Å². The van der Waals surface area contributed by atoms with Gasteiger partial charge in [-0.3, -0.25) is 9.59 Å². The van der Waals surface area contributed by atoms with E-state index in [1.54, 1.807) is 25.3 Å². The number of halogens is 1. The largest absolute Gasteiger partial charge is 0.490 e. The molecule has 6 atom stereocenters. The molecule has 9 nitrogen and oxygen atoms in total. The zero-order chi connectivity index (χ0) is 33.4. The first-order valence-electron chi connectivity index (χ1n) is 16.6. The van der Waals surface area contributed by atoms with Crippen molar-refractivity contribution in [3.8, 4) is 5.75 Å². The topological polar surface area (TPSA) is 111 Å². The van der Waals surface area contributed by atoms with Crippen LogP contribution in [-0.4, -0.2) is 72.0 Å². The van der Waals surface area contributed by atoms with E-state index >= 15 is 0 Å². The van der Waals surface area contributed by atoms with Crippen LogP contribution in [0.25, 0.3) is 0 Å². The Bertz CT molecular complexity index is 1650. The molecule has 1 N–H and O–H groups in total. The summed E-state index contributed by atoms with van der Waals surface area (Å²) in [6.45, 7) is 3.77. The van der Waals surface area contributed by atoms with Crippen molar-refractivity contribution in [2.24, 2.45) is 17.8 Å². The second-order valence-corrected chi connectivity index (χ2v) is 16.2. The Morgan fingerprint density at radius 3 is 2.72 bits per heavy atom. The molecule has 11 heteroatoms. The van der Waals surface area contributed by atoms with Gasteiger partial charge in [0, 0.05) is 55.8 Å². The van der Waals surface area contributed by atoms with Crippen LogP contribution < -0.4 is 14.4 Å². The third kappa shape index (κ3) is 6.46. The summed E-state index contributed by atoms with van der Waals surface area (Å²) < 4.78 is 47.6. The number of ether oxygens (including phenoxy) is 3. The summed E-state index contributed by atoms with van der Waals surface area (Å²) in [5.41, 5.74) is 1.97. The highest BCUT2D eigenvalue weighted by Gasteiger charge is 2.49. The van der Waals surface area contributed by atoms with Crippen molar-refractivity contribution in [2.45, 2.75) is 68.1 Å². The predicted octanol–water partition coefficient (Wildman–Crippen LogP) is 5.48. The second-order valence-electron chi connectivity index (χ2n) is 13.8. The van der Waals surface area contributed by atoms with Gasteiger partial charge in [-0.25, -0.2) is 13.1 Å². The van der Waals surface area contributed by atoms with Crippen LogP contribution in [0.15, 0.2) is 48.6 Å². The number of aldehydes is 1. The molecule has 2 aliphatic heterocycles. The molecule has 254 valence electrons. The molecule has 2 aromatic rings. The summed E-state index contributed by atoms with van der Waals surface area (Å²) >= 11 is 6.42. The normalized spacial score (nSPS) is 32.5. The molecule has 1 fully saturated rings. The Morgan fingerprint density at radius 2 is 2.00 bits per heavy atom. The summed E-state index contributed by atoms with van der Waals surface area (Å²) in [6, 6.07) is 11.3. The van der Waals surface area contributed by atoms with Crippen molar-refractivity contribution in [2.75, 3.05) is 45.4 Å². The fourth-order valence-corrected chi connectivity index (χ4v) is 10.2. The molecule has 1 spiro atoms. The fraction of sp³-hybridized carbons (Fsp3) is 0.556. The zero-order valence-corrected chi connectivity index (χ0v) is 28.9. The third-order valence-corrected chi connectivity index (χ3v) is 13.3. The first-order chi connectivity index (χ1) is 22.5. The van der Waals surface area contributed by atoms with Crippen molar-refractivity contribution in [3.63, 3.8) is 0 Å². The number of rotatable bonds is 5. The molecule has 2 heterocycles. The van der Waals surface area contributed by atoms with Gasteiger partial charge in [0.2, 0.25) is 10.0 Å². The molecule has 0 radical (unpaired) electrons. The number of anilines is 1. The lowest BCUT2D eigenvalue weighted by Gasteiger charge is -2.48. The minimum absolute atomic E-state index is 0.0648. The third-order valence-electron chi connectivity index (χ3n) is 11.0. The molecular formula is C36H45ClN2O7S. The maximum Gasteiger partial charge on any atom is 0.264 e. The van der Waals surface area contributed by atoms with Crippen molar-refractivity contribution in [1.82, 2.24) is 4.72 Å². The van der Waals surface area contributed by atoms with Gasteiger partial charge in [0.25, 0.3) is 5.91 Å². The van der Waals surface area contributed by atoms with E-state index < -0.39 is 26.8 Å². The van der Waals surface area contributed by atoms with Crippen molar-refractivity contribution in [1.29, 1.82) is 0 Å². The van der Waals surface area contributed by atoms with Gasteiger partial charge in [-0.15, -0.1) is 0 Å². The van der Waals surface area contributed by atoms with Gasteiger partial charge >= 0.3 is 0 Å². The minimum Gasteiger partial charge on any atom is -0.490 e. The number of benzene rings is 2. The minimum atomic E-state index is -4.09. The second kappa shape index (κ2) is 13.5. The van der Waals surface area contributed by atoms with E-state index in [1.165, 1.54) is 18.2 Å².